The van der Waals surface area contributed by atoms with Crippen LogP contribution >= 0.6 is 0 Å². The third-order valence-corrected chi connectivity index (χ3v) is 11.6. The molecule has 0 amide bonds. The molecule has 0 spiro atoms. The molecule has 3 heterocycles. The van der Waals surface area contributed by atoms with E-state index in [1.165, 1.54) is 21.8 Å². The molecule has 0 atom stereocenters. The summed E-state index contributed by atoms with van der Waals surface area (Å²) in [6.07, 6.45) is 0. The van der Waals surface area contributed by atoms with E-state index in [2.05, 4.69) is 191 Å². The second kappa shape index (κ2) is 12.9. The van der Waals surface area contributed by atoms with Gasteiger partial charge in [0.15, 0.2) is 0 Å². The van der Waals surface area contributed by atoms with Crippen molar-refractivity contribution in [3.63, 3.8) is 0 Å². The standard InChI is InChI=1S/C54H34N2O2/c1-5-19-49-43(15-1)44-16-2-6-20-50(44)56(49)42-14-10-13-41(34-42)55(39-27-23-35(24-28-39)37-25-29-53-47(32-37)45-17-3-7-21-51(45)57-53)40-12-9-11-36(31-40)38-26-30-54-48(33-38)46-18-4-8-22-52(46)58-54/h1-34H. The largest absolute Gasteiger partial charge is 0.456 e. The van der Waals surface area contributed by atoms with E-state index >= 15 is 0 Å². The highest BCUT2D eigenvalue weighted by molar-refractivity contribution is 6.10. The van der Waals surface area contributed by atoms with E-state index in [0.29, 0.717) is 0 Å². The van der Waals surface area contributed by atoms with Gasteiger partial charge in [-0.15, -0.1) is 0 Å². The van der Waals surface area contributed by atoms with Crippen molar-refractivity contribution in [1.82, 2.24) is 4.57 Å². The van der Waals surface area contributed by atoms with Crippen LogP contribution in [0, 0.1) is 0 Å². The summed E-state index contributed by atoms with van der Waals surface area (Å²) in [7, 11) is 0. The molecule has 0 radical (unpaired) electrons. The number of hydrogen-bond acceptors (Lipinski definition) is 3. The molecule has 0 unspecified atom stereocenters. The van der Waals surface area contributed by atoms with Crippen molar-refractivity contribution in [3.05, 3.63) is 206 Å². The van der Waals surface area contributed by atoms with E-state index in [0.717, 1.165) is 88.9 Å². The zero-order chi connectivity index (χ0) is 38.2. The van der Waals surface area contributed by atoms with Crippen molar-refractivity contribution >= 4 is 82.7 Å². The first-order valence-corrected chi connectivity index (χ1v) is 19.7. The number of aromatic nitrogens is 1. The number of nitrogens with zero attached hydrogens (tertiary/aromatic N) is 2. The van der Waals surface area contributed by atoms with Gasteiger partial charge in [-0.25, -0.2) is 0 Å². The van der Waals surface area contributed by atoms with Gasteiger partial charge in [0.2, 0.25) is 0 Å². The summed E-state index contributed by atoms with van der Waals surface area (Å²) in [4.78, 5) is 2.36. The normalized spacial score (nSPS) is 11.8. The molecule has 0 saturated carbocycles. The Morgan fingerprint density at radius 2 is 0.759 bits per heavy atom. The lowest BCUT2D eigenvalue weighted by molar-refractivity contribution is 0.668. The zero-order valence-electron chi connectivity index (χ0n) is 31.3. The van der Waals surface area contributed by atoms with Gasteiger partial charge in [0.25, 0.3) is 0 Å². The van der Waals surface area contributed by atoms with Crippen LogP contribution < -0.4 is 4.90 Å². The van der Waals surface area contributed by atoms with E-state index in [1.807, 2.05) is 24.3 Å². The lowest BCUT2D eigenvalue weighted by atomic mass is 10.0. The van der Waals surface area contributed by atoms with Gasteiger partial charge in [0.1, 0.15) is 22.3 Å². The van der Waals surface area contributed by atoms with E-state index in [1.54, 1.807) is 0 Å². The molecule has 58 heavy (non-hydrogen) atoms. The Labute approximate surface area is 334 Å². The SMILES string of the molecule is c1cc(-c2ccc3oc4ccccc4c3c2)cc(N(c2ccc(-c3ccc4oc5ccccc5c4c3)cc2)c2cccc(-n3c4ccccc4c4ccccc43)c2)c1. The van der Waals surface area contributed by atoms with Crippen molar-refractivity contribution < 1.29 is 8.83 Å². The van der Waals surface area contributed by atoms with Crippen LogP contribution in [-0.4, -0.2) is 4.57 Å². The number of fused-ring (bicyclic) bond motifs is 9. The number of anilines is 3. The molecule has 12 rings (SSSR count). The van der Waals surface area contributed by atoms with Gasteiger partial charge in [-0.1, -0.05) is 115 Å². The summed E-state index contributed by atoms with van der Waals surface area (Å²) in [5.41, 5.74) is 14.8. The van der Waals surface area contributed by atoms with Crippen LogP contribution in [0.1, 0.15) is 0 Å². The van der Waals surface area contributed by atoms with Crippen LogP contribution in [0.2, 0.25) is 0 Å². The quantitative estimate of drug-likeness (QED) is 0.170. The molecular formula is C54H34N2O2. The average Bonchev–Trinajstić information content (AvgIpc) is 3.96. The molecule has 9 aromatic carbocycles. The Morgan fingerprint density at radius 1 is 0.293 bits per heavy atom. The zero-order valence-corrected chi connectivity index (χ0v) is 31.3. The minimum Gasteiger partial charge on any atom is -0.456 e. The maximum Gasteiger partial charge on any atom is 0.135 e. The Bertz CT molecular complexity index is 3480. The fourth-order valence-corrected chi connectivity index (χ4v) is 8.86. The van der Waals surface area contributed by atoms with Crippen molar-refractivity contribution in [2.24, 2.45) is 0 Å². The predicted octanol–water partition coefficient (Wildman–Crippen LogP) is 15.4. The number of furan rings is 2. The maximum atomic E-state index is 6.18. The lowest BCUT2D eigenvalue weighted by Crippen LogP contribution is -2.10. The molecule has 3 aromatic heterocycles. The van der Waals surface area contributed by atoms with Crippen LogP contribution in [0.3, 0.4) is 0 Å². The van der Waals surface area contributed by atoms with E-state index < -0.39 is 0 Å². The molecular weight excluding hydrogens is 709 g/mol. The Hall–Kier alpha value is -7.82. The molecule has 0 saturated heterocycles. The smallest absolute Gasteiger partial charge is 0.135 e. The Balaban J connectivity index is 1.00. The van der Waals surface area contributed by atoms with Crippen molar-refractivity contribution in [2.75, 3.05) is 4.90 Å². The van der Waals surface area contributed by atoms with Crippen LogP contribution in [0.15, 0.2) is 215 Å². The second-order valence-corrected chi connectivity index (χ2v) is 14.9. The summed E-state index contributed by atoms with van der Waals surface area (Å²) in [5.74, 6) is 0. The van der Waals surface area contributed by atoms with E-state index in [-0.39, 0.29) is 0 Å². The monoisotopic (exact) mass is 742 g/mol. The molecule has 0 N–H and O–H groups in total. The summed E-state index contributed by atoms with van der Waals surface area (Å²) < 4.78 is 14.7. The van der Waals surface area contributed by atoms with E-state index in [9.17, 15) is 0 Å². The minimum absolute atomic E-state index is 0.893. The third-order valence-electron chi connectivity index (χ3n) is 11.6. The molecule has 0 aliphatic carbocycles. The maximum absolute atomic E-state index is 6.18. The van der Waals surface area contributed by atoms with Gasteiger partial charge in [-0.05, 0) is 113 Å². The molecule has 0 fully saturated rings. The summed E-state index contributed by atoms with van der Waals surface area (Å²) in [6.45, 7) is 0. The van der Waals surface area contributed by atoms with Gasteiger partial charge in [-0.3, -0.25) is 0 Å². The highest BCUT2D eigenvalue weighted by Gasteiger charge is 2.18. The lowest BCUT2D eigenvalue weighted by Gasteiger charge is -2.27. The molecule has 4 nitrogen and oxygen atoms in total. The van der Waals surface area contributed by atoms with Crippen LogP contribution in [0.4, 0.5) is 17.1 Å². The number of hydrogen-bond donors (Lipinski definition) is 0. The molecule has 0 bridgehead atoms. The van der Waals surface area contributed by atoms with Crippen molar-refractivity contribution in [1.29, 1.82) is 0 Å². The minimum atomic E-state index is 0.893. The average molecular weight is 743 g/mol. The van der Waals surface area contributed by atoms with Crippen LogP contribution in [0.25, 0.3) is 93.6 Å². The second-order valence-electron chi connectivity index (χ2n) is 14.9. The summed E-state index contributed by atoms with van der Waals surface area (Å²) >= 11 is 0. The van der Waals surface area contributed by atoms with Gasteiger partial charge >= 0.3 is 0 Å². The van der Waals surface area contributed by atoms with Gasteiger partial charge in [0, 0.05) is 55.1 Å². The fourth-order valence-electron chi connectivity index (χ4n) is 8.86. The number of para-hydroxylation sites is 4. The Kier molecular flexibility index (Phi) is 7.20. The van der Waals surface area contributed by atoms with Crippen LogP contribution in [-0.2, 0) is 0 Å². The molecule has 0 aliphatic rings. The highest BCUT2D eigenvalue weighted by atomic mass is 16.3. The number of benzene rings is 9. The van der Waals surface area contributed by atoms with E-state index in [4.69, 9.17) is 8.83 Å². The first-order valence-electron chi connectivity index (χ1n) is 19.7. The molecule has 4 heteroatoms. The van der Waals surface area contributed by atoms with Crippen molar-refractivity contribution in [3.8, 4) is 27.9 Å². The molecule has 272 valence electrons. The predicted molar refractivity (Wildman–Crippen MR) is 241 cm³/mol. The van der Waals surface area contributed by atoms with Crippen molar-refractivity contribution in [2.45, 2.75) is 0 Å². The topological polar surface area (TPSA) is 34.5 Å². The number of rotatable bonds is 6. The van der Waals surface area contributed by atoms with Gasteiger partial charge < -0.3 is 18.3 Å². The Morgan fingerprint density at radius 3 is 1.38 bits per heavy atom. The summed E-state index contributed by atoms with van der Waals surface area (Å²) in [5, 5.41) is 6.98. The fraction of sp³-hybridized carbons (Fsp3) is 0. The van der Waals surface area contributed by atoms with Crippen LogP contribution in [0.5, 0.6) is 0 Å². The first-order chi connectivity index (χ1) is 28.7. The van der Waals surface area contributed by atoms with Gasteiger partial charge in [-0.2, -0.15) is 0 Å². The van der Waals surface area contributed by atoms with Gasteiger partial charge in [0.05, 0.1) is 11.0 Å². The third kappa shape index (κ3) is 5.16. The highest BCUT2D eigenvalue weighted by Crippen LogP contribution is 2.41. The molecule has 12 aromatic rings. The molecule has 0 aliphatic heterocycles. The first kappa shape index (κ1) is 32.4. The summed E-state index contributed by atoms with van der Waals surface area (Å²) in [6, 6.07) is 73.5.